The van der Waals surface area contributed by atoms with Gasteiger partial charge in [0.05, 0.1) is 0 Å². The van der Waals surface area contributed by atoms with Crippen LogP contribution in [-0.2, 0) is 5.41 Å². The second-order valence-electron chi connectivity index (χ2n) is 18.1. The molecule has 0 nitrogen and oxygen atoms in total. The van der Waals surface area contributed by atoms with E-state index in [4.69, 9.17) is 0 Å². The number of benzene rings is 13. The van der Waals surface area contributed by atoms with E-state index in [0.29, 0.717) is 0 Å². The highest BCUT2D eigenvalue weighted by Gasteiger charge is 2.41. The molecule has 0 fully saturated rings. The predicted molar refractivity (Wildman–Crippen MR) is 272 cm³/mol. The van der Waals surface area contributed by atoms with E-state index in [-0.39, 0.29) is 5.41 Å². The molecule has 1 aliphatic rings. The van der Waals surface area contributed by atoms with Gasteiger partial charge in [-0.05, 0) is 167 Å². The molecule has 0 heteroatoms. The van der Waals surface area contributed by atoms with Crippen molar-refractivity contribution in [1.29, 1.82) is 0 Å². The van der Waals surface area contributed by atoms with Gasteiger partial charge in [-0.15, -0.1) is 0 Å². The van der Waals surface area contributed by atoms with Gasteiger partial charge in [-0.3, -0.25) is 0 Å². The highest BCUT2D eigenvalue weighted by Crippen LogP contribution is 2.56. The van der Waals surface area contributed by atoms with Crippen LogP contribution in [0.25, 0.3) is 131 Å². The smallest absolute Gasteiger partial charge is 0.0210 e. The minimum Gasteiger partial charge on any atom is -0.0642 e. The van der Waals surface area contributed by atoms with Crippen molar-refractivity contribution in [3.05, 3.63) is 205 Å². The van der Waals surface area contributed by atoms with Crippen LogP contribution in [0.4, 0.5) is 0 Å². The number of hydrogen-bond donors (Lipinski definition) is 0. The van der Waals surface area contributed by atoms with E-state index in [1.807, 2.05) is 0 Å². The molecule has 14 rings (SSSR count). The minimum atomic E-state index is -0.103. The zero-order valence-corrected chi connectivity index (χ0v) is 35.4. The van der Waals surface area contributed by atoms with Crippen molar-refractivity contribution in [3.8, 4) is 44.5 Å². The van der Waals surface area contributed by atoms with E-state index < -0.39 is 0 Å². The molecule has 0 saturated heterocycles. The first-order chi connectivity index (χ1) is 31.1. The largest absolute Gasteiger partial charge is 0.0642 e. The zero-order valence-electron chi connectivity index (χ0n) is 35.4. The van der Waals surface area contributed by atoms with Crippen LogP contribution in [0.3, 0.4) is 0 Å². The highest BCUT2D eigenvalue weighted by molar-refractivity contribution is 6.30. The molecule has 13 aromatic carbocycles. The van der Waals surface area contributed by atoms with Gasteiger partial charge >= 0.3 is 0 Å². The minimum absolute atomic E-state index is 0.103. The standard InChI is InChI=1S/C63H42/c1-3-63(4-2)55-35-43(45-29-23-41-21-19-37-11-9-13-39-24-32-52(45)60(41)57(37)39)27-30-46(55)47-31-28-44(36-56(47)63)59-48-15-5-7-17-50(48)62(51-18-8-6-16-49(51)59)54-34-26-42-22-20-38-12-10-14-40-25-33-53(54)61(42)58(38)40/h5-36H,3-4H2,1-2H3. The second-order valence-corrected chi connectivity index (χ2v) is 18.1. The molecule has 0 amide bonds. The Kier molecular flexibility index (Phi) is 7.11. The van der Waals surface area contributed by atoms with Gasteiger partial charge in [0.1, 0.15) is 0 Å². The Morgan fingerprint density at radius 1 is 0.286 bits per heavy atom. The summed E-state index contributed by atoms with van der Waals surface area (Å²) in [5.41, 5.74) is 13.4. The second kappa shape index (κ2) is 12.8. The van der Waals surface area contributed by atoms with Crippen LogP contribution in [0.1, 0.15) is 37.8 Å². The summed E-state index contributed by atoms with van der Waals surface area (Å²) in [5, 5.41) is 21.1. The van der Waals surface area contributed by atoms with Gasteiger partial charge in [0.2, 0.25) is 0 Å². The molecule has 0 heterocycles. The zero-order chi connectivity index (χ0) is 41.6. The fraction of sp³-hybridized carbons (Fsp3) is 0.0794. The third-order valence-corrected chi connectivity index (χ3v) is 15.4. The quantitative estimate of drug-likeness (QED) is 0.120. The molecule has 0 radical (unpaired) electrons. The Hall–Kier alpha value is -7.54. The lowest BCUT2D eigenvalue weighted by Gasteiger charge is -2.30. The van der Waals surface area contributed by atoms with Crippen LogP contribution < -0.4 is 0 Å². The number of fused-ring (bicyclic) bond motifs is 5. The molecule has 0 saturated carbocycles. The van der Waals surface area contributed by atoms with Gasteiger partial charge < -0.3 is 0 Å². The molecule has 63 heavy (non-hydrogen) atoms. The van der Waals surface area contributed by atoms with Gasteiger partial charge in [-0.25, -0.2) is 0 Å². The summed E-state index contributed by atoms with van der Waals surface area (Å²) in [5.74, 6) is 0. The third kappa shape index (κ3) is 4.60. The summed E-state index contributed by atoms with van der Waals surface area (Å²) in [6.45, 7) is 4.79. The van der Waals surface area contributed by atoms with Gasteiger partial charge in [-0.1, -0.05) is 196 Å². The molecule has 0 aromatic heterocycles. The number of hydrogen-bond acceptors (Lipinski definition) is 0. The average Bonchev–Trinajstić information content (AvgIpc) is 3.62. The lowest BCUT2D eigenvalue weighted by atomic mass is 9.72. The van der Waals surface area contributed by atoms with Crippen molar-refractivity contribution in [2.24, 2.45) is 0 Å². The van der Waals surface area contributed by atoms with E-state index in [0.717, 1.165) is 12.8 Å². The maximum absolute atomic E-state index is 2.57. The van der Waals surface area contributed by atoms with E-state index in [1.165, 1.54) is 142 Å². The third-order valence-electron chi connectivity index (χ3n) is 15.4. The predicted octanol–water partition coefficient (Wildman–Crippen LogP) is 17.9. The Labute approximate surface area is 366 Å². The SMILES string of the molecule is CCC1(CC)c2cc(-c3c4ccccc4c(-c4ccc5ccc6cccc7ccc4c5c67)c4ccccc34)ccc2-c2ccc(-c3ccc4ccc5cccc6ccc3c4c56)cc21. The molecular weight excluding hydrogens is 757 g/mol. The van der Waals surface area contributed by atoms with Crippen molar-refractivity contribution in [1.82, 2.24) is 0 Å². The van der Waals surface area contributed by atoms with Gasteiger partial charge in [0.15, 0.2) is 0 Å². The average molecular weight is 799 g/mol. The lowest BCUT2D eigenvalue weighted by Crippen LogP contribution is -2.23. The summed E-state index contributed by atoms with van der Waals surface area (Å²) in [4.78, 5) is 0. The summed E-state index contributed by atoms with van der Waals surface area (Å²) >= 11 is 0. The molecule has 0 atom stereocenters. The Morgan fingerprint density at radius 2 is 0.667 bits per heavy atom. The van der Waals surface area contributed by atoms with Gasteiger partial charge in [0, 0.05) is 5.41 Å². The molecule has 0 bridgehead atoms. The highest BCUT2D eigenvalue weighted by atomic mass is 14.4. The fourth-order valence-corrected chi connectivity index (χ4v) is 12.5. The molecule has 0 unspecified atom stereocenters. The lowest BCUT2D eigenvalue weighted by molar-refractivity contribution is 0.491. The van der Waals surface area contributed by atoms with Crippen LogP contribution in [0, 0.1) is 0 Å². The van der Waals surface area contributed by atoms with Crippen molar-refractivity contribution in [2.75, 3.05) is 0 Å². The van der Waals surface area contributed by atoms with Crippen LogP contribution in [0.2, 0.25) is 0 Å². The molecule has 0 spiro atoms. The van der Waals surface area contributed by atoms with Crippen molar-refractivity contribution in [3.63, 3.8) is 0 Å². The first-order valence-electron chi connectivity index (χ1n) is 22.7. The summed E-state index contributed by atoms with van der Waals surface area (Å²) < 4.78 is 0. The summed E-state index contributed by atoms with van der Waals surface area (Å²) in [6, 6.07) is 74.3. The topological polar surface area (TPSA) is 0 Å². The first-order valence-corrected chi connectivity index (χ1v) is 22.7. The molecule has 0 aliphatic heterocycles. The fourth-order valence-electron chi connectivity index (χ4n) is 12.5. The van der Waals surface area contributed by atoms with E-state index in [1.54, 1.807) is 0 Å². The van der Waals surface area contributed by atoms with Gasteiger partial charge in [-0.2, -0.15) is 0 Å². The Balaban J connectivity index is 0.967. The van der Waals surface area contributed by atoms with E-state index in [2.05, 4.69) is 208 Å². The normalized spacial score (nSPS) is 13.5. The monoisotopic (exact) mass is 798 g/mol. The molecule has 294 valence electrons. The summed E-state index contributed by atoms with van der Waals surface area (Å²) in [7, 11) is 0. The maximum Gasteiger partial charge on any atom is 0.0210 e. The molecule has 1 aliphatic carbocycles. The van der Waals surface area contributed by atoms with Crippen LogP contribution in [-0.4, -0.2) is 0 Å². The van der Waals surface area contributed by atoms with Gasteiger partial charge in [0.25, 0.3) is 0 Å². The summed E-state index contributed by atoms with van der Waals surface area (Å²) in [6.07, 6.45) is 2.06. The molecular formula is C63H42. The first kappa shape index (κ1) is 35.1. The van der Waals surface area contributed by atoms with Crippen LogP contribution in [0.5, 0.6) is 0 Å². The molecule has 13 aromatic rings. The molecule has 0 N–H and O–H groups in total. The number of rotatable bonds is 5. The Bertz CT molecular complexity index is 3960. The van der Waals surface area contributed by atoms with Crippen molar-refractivity contribution >= 4 is 86.2 Å². The van der Waals surface area contributed by atoms with Crippen LogP contribution in [0.15, 0.2) is 194 Å². The van der Waals surface area contributed by atoms with E-state index in [9.17, 15) is 0 Å². The van der Waals surface area contributed by atoms with E-state index >= 15 is 0 Å². The van der Waals surface area contributed by atoms with Crippen LogP contribution >= 0.6 is 0 Å². The Morgan fingerprint density at radius 3 is 1.17 bits per heavy atom. The maximum atomic E-state index is 2.57. The van der Waals surface area contributed by atoms with Crippen molar-refractivity contribution in [2.45, 2.75) is 32.1 Å². The van der Waals surface area contributed by atoms with Crippen molar-refractivity contribution < 1.29 is 0 Å².